The maximum absolute atomic E-state index is 13.1. The van der Waals surface area contributed by atoms with Gasteiger partial charge in [-0.15, -0.1) is 0 Å². The van der Waals surface area contributed by atoms with Crippen molar-refractivity contribution in [2.75, 3.05) is 12.3 Å². The van der Waals surface area contributed by atoms with Gasteiger partial charge in [0.25, 0.3) is 0 Å². The van der Waals surface area contributed by atoms with Crippen LogP contribution in [0.25, 0.3) is 0 Å². The lowest BCUT2D eigenvalue weighted by molar-refractivity contribution is 0.286. The van der Waals surface area contributed by atoms with Crippen LogP contribution in [0.5, 0.6) is 11.5 Å². The van der Waals surface area contributed by atoms with Crippen molar-refractivity contribution >= 4 is 21.6 Å². The van der Waals surface area contributed by atoms with Crippen LogP contribution in [0.15, 0.2) is 40.9 Å². The highest BCUT2D eigenvalue weighted by atomic mass is 79.9. The molecule has 106 valence electrons. The van der Waals surface area contributed by atoms with Gasteiger partial charge in [-0.25, -0.2) is 4.39 Å². The first-order valence-electron chi connectivity index (χ1n) is 6.19. The Morgan fingerprint density at radius 3 is 2.65 bits per heavy atom. The van der Waals surface area contributed by atoms with Gasteiger partial charge < -0.3 is 15.2 Å². The first-order valence-corrected chi connectivity index (χ1v) is 6.98. The molecule has 0 aromatic heterocycles. The van der Waals surface area contributed by atoms with Crippen molar-refractivity contribution in [1.29, 1.82) is 0 Å². The van der Waals surface area contributed by atoms with Crippen LogP contribution in [0.4, 0.5) is 10.1 Å². The van der Waals surface area contributed by atoms with Crippen LogP contribution in [0.2, 0.25) is 0 Å². The zero-order valence-electron chi connectivity index (χ0n) is 11.0. The van der Waals surface area contributed by atoms with Gasteiger partial charge in [0.05, 0.1) is 11.1 Å². The van der Waals surface area contributed by atoms with Gasteiger partial charge in [0.2, 0.25) is 0 Å². The highest BCUT2D eigenvalue weighted by Crippen LogP contribution is 2.25. The lowest BCUT2D eigenvalue weighted by atomic mass is 10.2. The predicted molar refractivity (Wildman–Crippen MR) is 80.5 cm³/mol. The summed E-state index contributed by atoms with van der Waals surface area (Å²) in [5, 5.41) is 0. The standard InChI is InChI=1S/C15H15BrFNO2/c1-2-19-15-6-3-11(18)7-10(15)9-20-12-4-5-14(17)13(16)8-12/h3-8H,2,9,18H2,1H3. The van der Waals surface area contributed by atoms with E-state index in [2.05, 4.69) is 15.9 Å². The van der Waals surface area contributed by atoms with E-state index in [9.17, 15) is 4.39 Å². The van der Waals surface area contributed by atoms with Crippen LogP contribution in [0.1, 0.15) is 12.5 Å². The van der Waals surface area contributed by atoms with E-state index in [-0.39, 0.29) is 5.82 Å². The molecule has 0 heterocycles. The molecule has 0 spiro atoms. The maximum atomic E-state index is 13.1. The Balaban J connectivity index is 2.13. The summed E-state index contributed by atoms with van der Waals surface area (Å²) in [7, 11) is 0. The van der Waals surface area contributed by atoms with Crippen LogP contribution >= 0.6 is 15.9 Å². The van der Waals surface area contributed by atoms with Crippen molar-refractivity contribution in [3.8, 4) is 11.5 Å². The third kappa shape index (κ3) is 3.63. The number of hydrogen-bond acceptors (Lipinski definition) is 3. The monoisotopic (exact) mass is 339 g/mol. The molecule has 0 amide bonds. The molecule has 0 saturated heterocycles. The molecule has 0 saturated carbocycles. The minimum absolute atomic E-state index is 0.304. The number of halogens is 2. The molecule has 2 aromatic carbocycles. The first-order chi connectivity index (χ1) is 9.60. The SMILES string of the molecule is CCOc1ccc(N)cc1COc1ccc(F)c(Br)c1. The average Bonchev–Trinajstić information content (AvgIpc) is 2.43. The van der Waals surface area contributed by atoms with E-state index in [1.54, 1.807) is 18.2 Å². The molecular formula is C15H15BrFNO2. The van der Waals surface area contributed by atoms with Gasteiger partial charge in [0.1, 0.15) is 23.9 Å². The predicted octanol–water partition coefficient (Wildman–Crippen LogP) is 4.15. The largest absolute Gasteiger partial charge is 0.493 e. The number of rotatable bonds is 5. The first kappa shape index (κ1) is 14.7. The summed E-state index contributed by atoms with van der Waals surface area (Å²) >= 11 is 3.12. The fourth-order valence-corrected chi connectivity index (χ4v) is 2.09. The van der Waals surface area contributed by atoms with E-state index in [1.807, 2.05) is 19.1 Å². The lowest BCUT2D eigenvalue weighted by Crippen LogP contribution is -2.02. The Morgan fingerprint density at radius 1 is 1.15 bits per heavy atom. The third-order valence-corrected chi connectivity index (χ3v) is 3.28. The van der Waals surface area contributed by atoms with Crippen LogP contribution in [0.3, 0.4) is 0 Å². The van der Waals surface area contributed by atoms with Gasteiger partial charge in [-0.2, -0.15) is 0 Å². The number of nitrogens with two attached hydrogens (primary N) is 1. The van der Waals surface area contributed by atoms with Crippen molar-refractivity contribution in [3.05, 3.63) is 52.3 Å². The highest BCUT2D eigenvalue weighted by Gasteiger charge is 2.06. The summed E-state index contributed by atoms with van der Waals surface area (Å²) in [5.41, 5.74) is 7.27. The second-order valence-electron chi connectivity index (χ2n) is 4.16. The second-order valence-corrected chi connectivity index (χ2v) is 5.02. The molecule has 0 radical (unpaired) electrons. The molecular weight excluding hydrogens is 325 g/mol. The molecule has 3 nitrogen and oxygen atoms in total. The van der Waals surface area contributed by atoms with Crippen molar-refractivity contribution < 1.29 is 13.9 Å². The van der Waals surface area contributed by atoms with E-state index in [0.29, 0.717) is 29.1 Å². The Morgan fingerprint density at radius 2 is 1.95 bits per heavy atom. The fraction of sp³-hybridized carbons (Fsp3) is 0.200. The second kappa shape index (κ2) is 6.61. The number of anilines is 1. The third-order valence-electron chi connectivity index (χ3n) is 2.67. The Bertz CT molecular complexity index is 604. The molecule has 0 fully saturated rings. The van der Waals surface area contributed by atoms with E-state index in [0.717, 1.165) is 11.3 Å². The van der Waals surface area contributed by atoms with Gasteiger partial charge in [-0.05, 0) is 59.3 Å². The van der Waals surface area contributed by atoms with Crippen molar-refractivity contribution in [2.24, 2.45) is 0 Å². The van der Waals surface area contributed by atoms with Crippen LogP contribution in [-0.4, -0.2) is 6.61 Å². The number of benzene rings is 2. The normalized spacial score (nSPS) is 10.3. The van der Waals surface area contributed by atoms with Crippen LogP contribution in [0, 0.1) is 5.82 Å². The molecule has 0 bridgehead atoms. The quantitative estimate of drug-likeness (QED) is 0.832. The van der Waals surface area contributed by atoms with E-state index >= 15 is 0 Å². The zero-order valence-corrected chi connectivity index (χ0v) is 12.6. The molecule has 0 aliphatic heterocycles. The van der Waals surface area contributed by atoms with Gasteiger partial charge in [-0.1, -0.05) is 0 Å². The van der Waals surface area contributed by atoms with E-state index in [1.165, 1.54) is 6.07 Å². The maximum Gasteiger partial charge on any atom is 0.137 e. The minimum Gasteiger partial charge on any atom is -0.493 e. The summed E-state index contributed by atoms with van der Waals surface area (Å²) in [6.07, 6.45) is 0. The van der Waals surface area contributed by atoms with Gasteiger partial charge in [0.15, 0.2) is 0 Å². The van der Waals surface area contributed by atoms with Gasteiger partial charge in [-0.3, -0.25) is 0 Å². The summed E-state index contributed by atoms with van der Waals surface area (Å²) < 4.78 is 24.7. The van der Waals surface area contributed by atoms with Gasteiger partial charge in [0, 0.05) is 11.3 Å². The Hall–Kier alpha value is -1.75. The smallest absolute Gasteiger partial charge is 0.137 e. The van der Waals surface area contributed by atoms with Crippen molar-refractivity contribution in [1.82, 2.24) is 0 Å². The molecule has 5 heteroatoms. The fourth-order valence-electron chi connectivity index (χ4n) is 1.74. The van der Waals surface area contributed by atoms with Gasteiger partial charge >= 0.3 is 0 Å². The molecule has 0 aliphatic carbocycles. The highest BCUT2D eigenvalue weighted by molar-refractivity contribution is 9.10. The molecule has 0 unspecified atom stereocenters. The van der Waals surface area contributed by atoms with Crippen LogP contribution in [-0.2, 0) is 6.61 Å². The minimum atomic E-state index is -0.323. The summed E-state index contributed by atoms with van der Waals surface area (Å²) in [6.45, 7) is 2.79. The molecule has 20 heavy (non-hydrogen) atoms. The van der Waals surface area contributed by atoms with E-state index in [4.69, 9.17) is 15.2 Å². The molecule has 2 rings (SSSR count). The Kier molecular flexibility index (Phi) is 4.84. The van der Waals surface area contributed by atoms with Crippen molar-refractivity contribution in [2.45, 2.75) is 13.5 Å². The lowest BCUT2D eigenvalue weighted by Gasteiger charge is -2.12. The summed E-state index contributed by atoms with van der Waals surface area (Å²) in [4.78, 5) is 0. The van der Waals surface area contributed by atoms with Crippen molar-refractivity contribution in [3.63, 3.8) is 0 Å². The zero-order chi connectivity index (χ0) is 14.5. The molecule has 2 aromatic rings. The summed E-state index contributed by atoms with van der Waals surface area (Å²) in [6, 6.07) is 9.92. The van der Waals surface area contributed by atoms with E-state index < -0.39 is 0 Å². The van der Waals surface area contributed by atoms with Crippen LogP contribution < -0.4 is 15.2 Å². The number of nitrogen functional groups attached to an aromatic ring is 1. The topological polar surface area (TPSA) is 44.5 Å². The average molecular weight is 340 g/mol. The molecule has 0 aliphatic rings. The summed E-state index contributed by atoms with van der Waals surface area (Å²) in [5.74, 6) is 0.988. The Labute approximate surface area is 125 Å². The molecule has 0 atom stereocenters. The number of hydrogen-bond donors (Lipinski definition) is 1. The number of ether oxygens (including phenoxy) is 2. The molecule has 2 N–H and O–H groups in total.